The second kappa shape index (κ2) is 8.35. The summed E-state index contributed by atoms with van der Waals surface area (Å²) >= 11 is 0. The summed E-state index contributed by atoms with van der Waals surface area (Å²) in [5, 5.41) is 0. The third-order valence-electron chi connectivity index (χ3n) is 5.24. The van der Waals surface area contributed by atoms with Gasteiger partial charge in [-0.2, -0.15) is 0 Å². The molecule has 0 unspecified atom stereocenters. The second-order valence-electron chi connectivity index (χ2n) is 6.78. The monoisotopic (exact) mass is 284 g/mol. The highest BCUT2D eigenvalue weighted by molar-refractivity contribution is 4.90. The molecule has 0 saturated heterocycles. The fourth-order valence-corrected chi connectivity index (χ4v) is 4.11. The second-order valence-corrected chi connectivity index (χ2v) is 6.78. The maximum absolute atomic E-state index is 6.31. The molecule has 0 radical (unpaired) electrons. The van der Waals surface area contributed by atoms with Gasteiger partial charge in [0.1, 0.15) is 0 Å². The highest BCUT2D eigenvalue weighted by atomic mass is 16.5. The summed E-state index contributed by atoms with van der Waals surface area (Å²) in [6.45, 7) is 2.33. The largest absolute Gasteiger partial charge is 0.384 e. The van der Waals surface area contributed by atoms with Crippen molar-refractivity contribution in [2.24, 2.45) is 11.3 Å². The maximum Gasteiger partial charge on any atom is 0.0575 e. The van der Waals surface area contributed by atoms with Crippen molar-refractivity contribution in [3.8, 4) is 0 Å². The summed E-state index contributed by atoms with van der Waals surface area (Å²) in [5.74, 6) is 0.700. The molecule has 118 valence electrons. The van der Waals surface area contributed by atoms with Gasteiger partial charge in [-0.25, -0.2) is 0 Å². The molecule has 2 rings (SSSR count). The summed E-state index contributed by atoms with van der Waals surface area (Å²) in [6, 6.07) is 0. The summed E-state index contributed by atoms with van der Waals surface area (Å²) in [4.78, 5) is 0. The molecule has 2 aliphatic rings. The summed E-state index contributed by atoms with van der Waals surface area (Å²) < 4.78 is 17.4. The lowest BCUT2D eigenvalue weighted by atomic mass is 9.76. The van der Waals surface area contributed by atoms with Crippen LogP contribution in [0.15, 0.2) is 0 Å². The molecule has 3 nitrogen and oxygen atoms in total. The molecule has 0 bridgehead atoms. The normalized spacial score (nSPS) is 22.5. The van der Waals surface area contributed by atoms with E-state index >= 15 is 0 Å². The van der Waals surface area contributed by atoms with Gasteiger partial charge in [0.05, 0.1) is 25.9 Å². The zero-order valence-electron chi connectivity index (χ0n) is 13.4. The molecule has 20 heavy (non-hydrogen) atoms. The lowest BCUT2D eigenvalue weighted by molar-refractivity contribution is -0.105. The Balaban J connectivity index is 1.95. The molecular weight excluding hydrogens is 252 g/mol. The fourth-order valence-electron chi connectivity index (χ4n) is 4.11. The van der Waals surface area contributed by atoms with Crippen molar-refractivity contribution >= 4 is 0 Å². The van der Waals surface area contributed by atoms with Crippen LogP contribution in [0.3, 0.4) is 0 Å². The van der Waals surface area contributed by atoms with Crippen LogP contribution in [-0.4, -0.2) is 40.1 Å². The van der Waals surface area contributed by atoms with Gasteiger partial charge in [0, 0.05) is 19.6 Å². The van der Waals surface area contributed by atoms with Crippen molar-refractivity contribution in [2.45, 2.75) is 63.9 Å². The van der Waals surface area contributed by atoms with E-state index in [4.69, 9.17) is 14.2 Å². The van der Waals surface area contributed by atoms with Crippen LogP contribution in [0.5, 0.6) is 0 Å². The molecule has 2 fully saturated rings. The lowest BCUT2D eigenvalue weighted by Crippen LogP contribution is -2.43. The van der Waals surface area contributed by atoms with E-state index in [-0.39, 0.29) is 5.41 Å². The van der Waals surface area contributed by atoms with Crippen molar-refractivity contribution in [3.63, 3.8) is 0 Å². The quantitative estimate of drug-likeness (QED) is 0.678. The average Bonchev–Trinajstić information content (AvgIpc) is 3.01. The van der Waals surface area contributed by atoms with Crippen LogP contribution in [0, 0.1) is 11.3 Å². The van der Waals surface area contributed by atoms with Crippen molar-refractivity contribution < 1.29 is 14.2 Å². The fraction of sp³-hybridized carbons (Fsp3) is 1.00. The van der Waals surface area contributed by atoms with E-state index in [1.807, 2.05) is 0 Å². The van der Waals surface area contributed by atoms with E-state index in [1.165, 1.54) is 57.8 Å². The first-order valence-corrected chi connectivity index (χ1v) is 8.40. The Labute approximate surface area is 124 Å². The van der Waals surface area contributed by atoms with E-state index in [9.17, 15) is 0 Å². The Morgan fingerprint density at radius 3 is 1.85 bits per heavy atom. The van der Waals surface area contributed by atoms with Gasteiger partial charge in [0.2, 0.25) is 0 Å². The third kappa shape index (κ3) is 4.19. The Morgan fingerprint density at radius 2 is 1.30 bits per heavy atom. The van der Waals surface area contributed by atoms with E-state index in [1.54, 1.807) is 14.2 Å². The SMILES string of the molecule is COCC(COC)(COC1CCCCC1)C1CCCC1. The molecule has 0 aromatic heterocycles. The minimum Gasteiger partial charge on any atom is -0.384 e. The number of hydrogen-bond acceptors (Lipinski definition) is 3. The van der Waals surface area contributed by atoms with Gasteiger partial charge in [-0.1, -0.05) is 32.1 Å². The predicted molar refractivity (Wildman–Crippen MR) is 81.0 cm³/mol. The van der Waals surface area contributed by atoms with Gasteiger partial charge >= 0.3 is 0 Å². The van der Waals surface area contributed by atoms with Crippen LogP contribution in [-0.2, 0) is 14.2 Å². The standard InChI is InChI=1S/C17H32O3/c1-18-12-17(13-19-2,15-8-6-7-9-15)14-20-16-10-4-3-5-11-16/h15-16H,3-14H2,1-2H3. The first-order chi connectivity index (χ1) is 9.80. The van der Waals surface area contributed by atoms with Crippen LogP contribution in [0.2, 0.25) is 0 Å². The van der Waals surface area contributed by atoms with Crippen molar-refractivity contribution in [3.05, 3.63) is 0 Å². The first kappa shape index (κ1) is 16.3. The van der Waals surface area contributed by atoms with Crippen molar-refractivity contribution in [2.75, 3.05) is 34.0 Å². The summed E-state index contributed by atoms with van der Waals surface area (Å²) in [5.41, 5.74) is 0.0669. The van der Waals surface area contributed by atoms with Crippen LogP contribution >= 0.6 is 0 Å². The van der Waals surface area contributed by atoms with Crippen LogP contribution < -0.4 is 0 Å². The van der Waals surface area contributed by atoms with Gasteiger partial charge in [0.25, 0.3) is 0 Å². The van der Waals surface area contributed by atoms with Gasteiger partial charge in [0.15, 0.2) is 0 Å². The Kier molecular flexibility index (Phi) is 6.79. The molecule has 2 saturated carbocycles. The van der Waals surface area contributed by atoms with Gasteiger partial charge in [-0.05, 0) is 31.6 Å². The topological polar surface area (TPSA) is 27.7 Å². The van der Waals surface area contributed by atoms with Gasteiger partial charge < -0.3 is 14.2 Å². The van der Waals surface area contributed by atoms with E-state index in [0.29, 0.717) is 12.0 Å². The molecule has 0 N–H and O–H groups in total. The predicted octanol–water partition coefficient (Wildman–Crippen LogP) is 3.81. The van der Waals surface area contributed by atoms with Crippen LogP contribution in [0.4, 0.5) is 0 Å². The van der Waals surface area contributed by atoms with Crippen molar-refractivity contribution in [1.29, 1.82) is 0 Å². The van der Waals surface area contributed by atoms with Gasteiger partial charge in [-0.15, -0.1) is 0 Å². The molecule has 0 spiro atoms. The number of hydrogen-bond donors (Lipinski definition) is 0. The minimum absolute atomic E-state index is 0.0669. The molecule has 0 atom stereocenters. The van der Waals surface area contributed by atoms with E-state index < -0.39 is 0 Å². The summed E-state index contributed by atoms with van der Waals surface area (Å²) in [6.07, 6.45) is 12.3. The molecule has 0 aliphatic heterocycles. The third-order valence-corrected chi connectivity index (χ3v) is 5.24. The van der Waals surface area contributed by atoms with E-state index in [2.05, 4.69) is 0 Å². The minimum atomic E-state index is 0.0669. The smallest absolute Gasteiger partial charge is 0.0575 e. The van der Waals surface area contributed by atoms with Crippen LogP contribution in [0.25, 0.3) is 0 Å². The Hall–Kier alpha value is -0.120. The highest BCUT2D eigenvalue weighted by Crippen LogP contribution is 2.41. The first-order valence-electron chi connectivity index (χ1n) is 8.40. The zero-order chi connectivity index (χ0) is 14.3. The molecule has 0 aromatic rings. The lowest BCUT2D eigenvalue weighted by Gasteiger charge is -2.39. The Bertz CT molecular complexity index is 249. The zero-order valence-corrected chi connectivity index (χ0v) is 13.4. The molecule has 0 aromatic carbocycles. The number of ether oxygens (including phenoxy) is 3. The number of methoxy groups -OCH3 is 2. The van der Waals surface area contributed by atoms with Crippen molar-refractivity contribution in [1.82, 2.24) is 0 Å². The highest BCUT2D eigenvalue weighted by Gasteiger charge is 2.41. The molecular formula is C17H32O3. The summed E-state index contributed by atoms with van der Waals surface area (Å²) in [7, 11) is 3.61. The molecule has 0 amide bonds. The van der Waals surface area contributed by atoms with Gasteiger partial charge in [-0.3, -0.25) is 0 Å². The number of rotatable bonds is 8. The van der Waals surface area contributed by atoms with E-state index in [0.717, 1.165) is 19.8 Å². The maximum atomic E-state index is 6.31. The van der Waals surface area contributed by atoms with Crippen LogP contribution in [0.1, 0.15) is 57.8 Å². The molecule has 0 heterocycles. The average molecular weight is 284 g/mol. The Morgan fingerprint density at radius 1 is 0.750 bits per heavy atom. The molecule has 2 aliphatic carbocycles. The molecule has 3 heteroatoms.